The maximum Gasteiger partial charge on any atom is 0.123 e. The van der Waals surface area contributed by atoms with Gasteiger partial charge in [0.25, 0.3) is 0 Å². The molecular weight excluding hydrogens is 265 g/mol. The summed E-state index contributed by atoms with van der Waals surface area (Å²) in [6.45, 7) is 0.679. The Morgan fingerprint density at radius 1 is 1.21 bits per heavy atom. The van der Waals surface area contributed by atoms with Crippen molar-refractivity contribution in [3.63, 3.8) is 0 Å². The van der Waals surface area contributed by atoms with Gasteiger partial charge >= 0.3 is 0 Å². The Labute approximate surface area is 116 Å². The average Bonchev–Trinajstić information content (AvgIpc) is 2.80. The summed E-state index contributed by atoms with van der Waals surface area (Å²) in [5.41, 5.74) is 2.03. The molecule has 0 aliphatic carbocycles. The molecule has 0 saturated carbocycles. The Morgan fingerprint density at radius 3 is 2.79 bits per heavy atom. The van der Waals surface area contributed by atoms with Gasteiger partial charge in [0.2, 0.25) is 0 Å². The number of hydrogen-bond donors (Lipinski definition) is 1. The van der Waals surface area contributed by atoms with Crippen LogP contribution >= 0.6 is 11.6 Å². The lowest BCUT2D eigenvalue weighted by Gasteiger charge is -2.12. The molecule has 0 bridgehead atoms. The summed E-state index contributed by atoms with van der Waals surface area (Å²) in [7, 11) is 0. The molecule has 0 spiro atoms. The largest absolute Gasteiger partial charge is 0.488 e. The predicted octanol–water partition coefficient (Wildman–Crippen LogP) is 3.89. The van der Waals surface area contributed by atoms with Crippen molar-refractivity contribution >= 4 is 17.3 Å². The van der Waals surface area contributed by atoms with E-state index in [1.54, 1.807) is 12.1 Å². The van der Waals surface area contributed by atoms with Gasteiger partial charge < -0.3 is 10.1 Å². The van der Waals surface area contributed by atoms with Crippen LogP contribution < -0.4 is 10.1 Å². The molecule has 2 nitrogen and oxygen atoms in total. The van der Waals surface area contributed by atoms with E-state index in [2.05, 4.69) is 5.32 Å². The van der Waals surface area contributed by atoms with Crippen molar-refractivity contribution in [2.24, 2.45) is 0 Å². The maximum absolute atomic E-state index is 12.8. The molecule has 98 valence electrons. The van der Waals surface area contributed by atoms with Crippen LogP contribution in [0.2, 0.25) is 5.02 Å². The van der Waals surface area contributed by atoms with Crippen molar-refractivity contribution < 1.29 is 9.13 Å². The minimum Gasteiger partial charge on any atom is -0.488 e. The number of halogens is 2. The van der Waals surface area contributed by atoms with Crippen LogP contribution in [0.5, 0.6) is 5.75 Å². The van der Waals surface area contributed by atoms with E-state index in [0.717, 1.165) is 28.4 Å². The lowest BCUT2D eigenvalue weighted by atomic mass is 10.1. The molecule has 0 aromatic heterocycles. The minimum absolute atomic E-state index is 0.0820. The molecule has 0 amide bonds. The maximum atomic E-state index is 12.8. The van der Waals surface area contributed by atoms with Crippen LogP contribution in [0.25, 0.3) is 0 Å². The summed E-state index contributed by atoms with van der Waals surface area (Å²) in [5.74, 6) is 0.667. The monoisotopic (exact) mass is 277 g/mol. The van der Waals surface area contributed by atoms with Crippen LogP contribution in [0.3, 0.4) is 0 Å². The highest BCUT2D eigenvalue weighted by atomic mass is 35.5. The van der Waals surface area contributed by atoms with Crippen molar-refractivity contribution in [2.75, 3.05) is 11.9 Å². The highest BCUT2D eigenvalue weighted by Crippen LogP contribution is 2.31. The topological polar surface area (TPSA) is 21.3 Å². The standard InChI is InChI=1S/C15H13ClFNO/c16-11-1-6-15-10(7-11)8-14(19-15)9-18-13-4-2-12(17)3-5-13/h1-7,14,18H,8-9H2. The van der Waals surface area contributed by atoms with E-state index >= 15 is 0 Å². The van der Waals surface area contributed by atoms with Crippen LogP contribution in [-0.4, -0.2) is 12.6 Å². The van der Waals surface area contributed by atoms with Crippen LogP contribution in [0.1, 0.15) is 5.56 Å². The minimum atomic E-state index is -0.232. The average molecular weight is 278 g/mol. The van der Waals surface area contributed by atoms with E-state index in [0.29, 0.717) is 6.54 Å². The Balaban J connectivity index is 1.60. The quantitative estimate of drug-likeness (QED) is 0.919. The highest BCUT2D eigenvalue weighted by molar-refractivity contribution is 6.30. The van der Waals surface area contributed by atoms with Gasteiger partial charge in [-0.25, -0.2) is 4.39 Å². The molecule has 1 aliphatic heterocycles. The Hall–Kier alpha value is -1.74. The summed E-state index contributed by atoms with van der Waals surface area (Å²) in [6.07, 6.45) is 0.919. The van der Waals surface area contributed by atoms with Crippen molar-refractivity contribution in [1.29, 1.82) is 0 Å². The first kappa shape index (κ1) is 12.3. The summed E-state index contributed by atoms with van der Waals surface area (Å²) < 4.78 is 18.6. The van der Waals surface area contributed by atoms with Crippen molar-refractivity contribution in [1.82, 2.24) is 0 Å². The summed E-state index contributed by atoms with van der Waals surface area (Å²) in [6, 6.07) is 12.0. The first-order valence-electron chi connectivity index (χ1n) is 6.15. The van der Waals surface area contributed by atoms with Gasteiger partial charge in [-0.15, -0.1) is 0 Å². The molecular formula is C15H13ClFNO. The van der Waals surface area contributed by atoms with E-state index in [-0.39, 0.29) is 11.9 Å². The van der Waals surface area contributed by atoms with Gasteiger partial charge in [-0.3, -0.25) is 0 Å². The number of nitrogens with one attached hydrogen (secondary N) is 1. The Kier molecular flexibility index (Phi) is 3.30. The summed E-state index contributed by atoms with van der Waals surface area (Å²) in [5, 5.41) is 3.97. The third kappa shape index (κ3) is 2.82. The molecule has 1 heterocycles. The Bertz CT molecular complexity index is 585. The molecule has 19 heavy (non-hydrogen) atoms. The van der Waals surface area contributed by atoms with Gasteiger partial charge in [-0.1, -0.05) is 11.6 Å². The zero-order chi connectivity index (χ0) is 13.2. The second-order valence-corrected chi connectivity index (χ2v) is 5.02. The fraction of sp³-hybridized carbons (Fsp3) is 0.200. The third-order valence-electron chi connectivity index (χ3n) is 3.14. The van der Waals surface area contributed by atoms with E-state index < -0.39 is 0 Å². The molecule has 1 N–H and O–H groups in total. The fourth-order valence-corrected chi connectivity index (χ4v) is 2.40. The number of hydrogen-bond acceptors (Lipinski definition) is 2. The van der Waals surface area contributed by atoms with Crippen LogP contribution in [-0.2, 0) is 6.42 Å². The highest BCUT2D eigenvalue weighted by Gasteiger charge is 2.22. The smallest absolute Gasteiger partial charge is 0.123 e. The molecule has 2 aromatic carbocycles. The number of fused-ring (bicyclic) bond motifs is 1. The second-order valence-electron chi connectivity index (χ2n) is 4.58. The van der Waals surface area contributed by atoms with Gasteiger partial charge in [0.1, 0.15) is 17.7 Å². The molecule has 1 unspecified atom stereocenters. The molecule has 0 radical (unpaired) electrons. The third-order valence-corrected chi connectivity index (χ3v) is 3.38. The first-order valence-corrected chi connectivity index (χ1v) is 6.53. The molecule has 0 fully saturated rings. The number of anilines is 1. The van der Waals surface area contributed by atoms with Crippen molar-refractivity contribution in [3.8, 4) is 5.75 Å². The van der Waals surface area contributed by atoms with Gasteiger partial charge in [-0.2, -0.15) is 0 Å². The lowest BCUT2D eigenvalue weighted by Crippen LogP contribution is -2.23. The zero-order valence-electron chi connectivity index (χ0n) is 10.2. The number of benzene rings is 2. The second kappa shape index (κ2) is 5.10. The van der Waals surface area contributed by atoms with Crippen molar-refractivity contribution in [2.45, 2.75) is 12.5 Å². The van der Waals surface area contributed by atoms with E-state index in [9.17, 15) is 4.39 Å². The first-order chi connectivity index (χ1) is 9.20. The molecule has 3 rings (SSSR count). The van der Waals surface area contributed by atoms with Crippen LogP contribution in [0, 0.1) is 5.82 Å². The molecule has 1 aliphatic rings. The number of ether oxygens (including phenoxy) is 1. The number of rotatable bonds is 3. The molecule has 1 atom stereocenters. The van der Waals surface area contributed by atoms with Crippen LogP contribution in [0.15, 0.2) is 42.5 Å². The van der Waals surface area contributed by atoms with Crippen molar-refractivity contribution in [3.05, 3.63) is 58.9 Å². The van der Waals surface area contributed by atoms with Gasteiger partial charge in [-0.05, 0) is 48.0 Å². The fourth-order valence-electron chi connectivity index (χ4n) is 2.20. The molecule has 4 heteroatoms. The molecule has 2 aromatic rings. The Morgan fingerprint density at radius 2 is 2.00 bits per heavy atom. The SMILES string of the molecule is Fc1ccc(NCC2Cc3cc(Cl)ccc3O2)cc1. The predicted molar refractivity (Wildman–Crippen MR) is 74.5 cm³/mol. The van der Waals surface area contributed by atoms with E-state index in [1.807, 2.05) is 18.2 Å². The van der Waals surface area contributed by atoms with Crippen LogP contribution in [0.4, 0.5) is 10.1 Å². The van der Waals surface area contributed by atoms with Gasteiger partial charge in [0.15, 0.2) is 0 Å². The van der Waals surface area contributed by atoms with Gasteiger partial charge in [0.05, 0.1) is 6.54 Å². The normalized spacial score (nSPS) is 16.8. The molecule has 0 saturated heterocycles. The lowest BCUT2D eigenvalue weighted by molar-refractivity contribution is 0.246. The zero-order valence-corrected chi connectivity index (χ0v) is 11.0. The van der Waals surface area contributed by atoms with E-state index in [4.69, 9.17) is 16.3 Å². The van der Waals surface area contributed by atoms with Gasteiger partial charge in [0, 0.05) is 17.1 Å². The summed E-state index contributed by atoms with van der Waals surface area (Å²) >= 11 is 5.95. The van der Waals surface area contributed by atoms with E-state index in [1.165, 1.54) is 12.1 Å². The summed E-state index contributed by atoms with van der Waals surface area (Å²) in [4.78, 5) is 0.